The van der Waals surface area contributed by atoms with Crippen molar-refractivity contribution in [2.24, 2.45) is 0 Å². The summed E-state index contributed by atoms with van der Waals surface area (Å²) in [4.78, 5) is 0. The van der Waals surface area contributed by atoms with Crippen LogP contribution in [0.1, 0.15) is 12.5 Å². The maximum Gasteiger partial charge on any atom is 0.0580 e. The first-order chi connectivity index (χ1) is 6.15. The van der Waals surface area contributed by atoms with Gasteiger partial charge < -0.3 is 5.32 Å². The van der Waals surface area contributed by atoms with Crippen LogP contribution in [-0.4, -0.2) is 13.1 Å². The molecule has 1 aromatic carbocycles. The first-order valence-corrected chi connectivity index (χ1v) is 5.42. The second kappa shape index (κ2) is 4.99. The Morgan fingerprint density at radius 3 is 2.85 bits per heavy atom. The molecule has 1 atom stereocenters. The molecule has 1 rings (SSSR count). The van der Waals surface area contributed by atoms with E-state index < -0.39 is 0 Å². The number of halogens is 2. The van der Waals surface area contributed by atoms with Crippen molar-refractivity contribution in [1.29, 1.82) is 0 Å². The van der Waals surface area contributed by atoms with Gasteiger partial charge in [0.15, 0.2) is 0 Å². The van der Waals surface area contributed by atoms with E-state index in [1.165, 1.54) is 5.56 Å². The lowest BCUT2D eigenvalue weighted by molar-refractivity contribution is 0.608. The molecule has 0 aliphatic heterocycles. The van der Waals surface area contributed by atoms with Crippen LogP contribution in [0, 0.1) is 0 Å². The number of likely N-dealkylation sites (N-methyl/N-ethyl adjacent to an activating group) is 1. The van der Waals surface area contributed by atoms with E-state index in [1.54, 1.807) is 0 Å². The van der Waals surface area contributed by atoms with Crippen molar-refractivity contribution in [1.82, 2.24) is 5.32 Å². The first kappa shape index (κ1) is 11.0. The minimum Gasteiger partial charge on any atom is -0.317 e. The molecule has 1 unspecified atom stereocenters. The molecule has 0 saturated carbocycles. The summed E-state index contributed by atoms with van der Waals surface area (Å²) in [6.45, 7) is 2.14. The topological polar surface area (TPSA) is 12.0 Å². The van der Waals surface area contributed by atoms with E-state index in [0.717, 1.165) is 15.9 Å². The second-order valence-electron chi connectivity index (χ2n) is 3.11. The SMILES string of the molecule is CNC(C)Cc1cccc(Br)c1Cl. The molecule has 1 N–H and O–H groups in total. The van der Waals surface area contributed by atoms with E-state index in [0.29, 0.717) is 6.04 Å². The molecular formula is C10H13BrClN. The summed E-state index contributed by atoms with van der Waals surface area (Å²) in [5, 5.41) is 4.01. The molecule has 72 valence electrons. The highest BCUT2D eigenvalue weighted by atomic mass is 79.9. The smallest absolute Gasteiger partial charge is 0.0580 e. The lowest BCUT2D eigenvalue weighted by Crippen LogP contribution is -2.23. The minimum atomic E-state index is 0.451. The molecule has 1 aromatic rings. The summed E-state index contributed by atoms with van der Waals surface area (Å²) in [7, 11) is 1.95. The Balaban J connectivity index is 2.83. The van der Waals surface area contributed by atoms with Crippen LogP contribution >= 0.6 is 27.5 Å². The van der Waals surface area contributed by atoms with Crippen LogP contribution < -0.4 is 5.32 Å². The molecular weight excluding hydrogens is 249 g/mol. The average molecular weight is 263 g/mol. The van der Waals surface area contributed by atoms with Gasteiger partial charge in [-0.25, -0.2) is 0 Å². The van der Waals surface area contributed by atoms with Crippen molar-refractivity contribution in [3.63, 3.8) is 0 Å². The fraction of sp³-hybridized carbons (Fsp3) is 0.400. The van der Waals surface area contributed by atoms with Crippen molar-refractivity contribution in [2.75, 3.05) is 7.05 Å². The Kier molecular flexibility index (Phi) is 4.23. The second-order valence-corrected chi connectivity index (χ2v) is 4.34. The van der Waals surface area contributed by atoms with E-state index >= 15 is 0 Å². The van der Waals surface area contributed by atoms with E-state index in [-0.39, 0.29) is 0 Å². The molecule has 0 saturated heterocycles. The van der Waals surface area contributed by atoms with Crippen molar-refractivity contribution in [3.05, 3.63) is 33.3 Å². The Morgan fingerprint density at radius 1 is 1.54 bits per heavy atom. The standard InChI is InChI=1S/C10H13BrClN/c1-7(13-2)6-8-4-3-5-9(11)10(8)12/h3-5,7,13H,6H2,1-2H3. The molecule has 0 aliphatic carbocycles. The highest BCUT2D eigenvalue weighted by Gasteiger charge is 2.06. The zero-order chi connectivity index (χ0) is 9.84. The largest absolute Gasteiger partial charge is 0.317 e. The summed E-state index contributed by atoms with van der Waals surface area (Å²) >= 11 is 9.53. The predicted octanol–water partition coefficient (Wildman–Crippen LogP) is 3.25. The molecule has 13 heavy (non-hydrogen) atoms. The lowest BCUT2D eigenvalue weighted by atomic mass is 10.1. The van der Waals surface area contributed by atoms with Gasteiger partial charge in [0.2, 0.25) is 0 Å². The molecule has 0 fully saturated rings. The third-order valence-electron chi connectivity index (χ3n) is 2.05. The predicted molar refractivity (Wildman–Crippen MR) is 61.4 cm³/mol. The van der Waals surface area contributed by atoms with Gasteiger partial charge in [0.25, 0.3) is 0 Å². The van der Waals surface area contributed by atoms with Gasteiger partial charge in [0.1, 0.15) is 0 Å². The van der Waals surface area contributed by atoms with Crippen molar-refractivity contribution >= 4 is 27.5 Å². The number of nitrogens with one attached hydrogen (secondary N) is 1. The number of rotatable bonds is 3. The van der Waals surface area contributed by atoms with Gasteiger partial charge in [-0.1, -0.05) is 23.7 Å². The van der Waals surface area contributed by atoms with Gasteiger partial charge in [0.05, 0.1) is 5.02 Å². The zero-order valence-corrected chi connectivity index (χ0v) is 10.1. The Morgan fingerprint density at radius 2 is 2.23 bits per heavy atom. The monoisotopic (exact) mass is 261 g/mol. The number of hydrogen-bond donors (Lipinski definition) is 1. The molecule has 0 bridgehead atoms. The lowest BCUT2D eigenvalue weighted by Gasteiger charge is -2.11. The van der Waals surface area contributed by atoms with E-state index in [1.807, 2.05) is 19.2 Å². The molecule has 0 spiro atoms. The minimum absolute atomic E-state index is 0.451. The van der Waals surface area contributed by atoms with Gasteiger partial charge in [-0.2, -0.15) is 0 Å². The summed E-state index contributed by atoms with van der Waals surface area (Å²) in [6, 6.07) is 6.47. The van der Waals surface area contributed by atoms with Crippen LogP contribution in [0.2, 0.25) is 5.02 Å². The van der Waals surface area contributed by atoms with E-state index in [2.05, 4.69) is 34.2 Å². The summed E-state index contributed by atoms with van der Waals surface area (Å²) in [5.41, 5.74) is 1.18. The van der Waals surface area contributed by atoms with Crippen molar-refractivity contribution < 1.29 is 0 Å². The fourth-order valence-electron chi connectivity index (χ4n) is 1.14. The van der Waals surface area contributed by atoms with Crippen molar-refractivity contribution in [3.8, 4) is 0 Å². The van der Waals surface area contributed by atoms with Gasteiger partial charge in [0, 0.05) is 10.5 Å². The Hall–Kier alpha value is -0.0500. The summed E-state index contributed by atoms with van der Waals surface area (Å²) < 4.78 is 0.968. The molecule has 0 amide bonds. The molecule has 0 heterocycles. The summed E-state index contributed by atoms with van der Waals surface area (Å²) in [5.74, 6) is 0. The van der Waals surface area contributed by atoms with Gasteiger partial charge in [-0.05, 0) is 48.0 Å². The third-order valence-corrected chi connectivity index (χ3v) is 3.39. The van der Waals surface area contributed by atoms with Crippen LogP contribution in [0.5, 0.6) is 0 Å². The normalized spacial score (nSPS) is 12.9. The molecule has 1 nitrogen and oxygen atoms in total. The highest BCUT2D eigenvalue weighted by molar-refractivity contribution is 9.10. The quantitative estimate of drug-likeness (QED) is 0.882. The number of hydrogen-bond acceptors (Lipinski definition) is 1. The van der Waals surface area contributed by atoms with Gasteiger partial charge >= 0.3 is 0 Å². The third kappa shape index (κ3) is 2.97. The maximum atomic E-state index is 6.12. The van der Waals surface area contributed by atoms with Crippen LogP contribution in [0.3, 0.4) is 0 Å². The molecule has 0 aromatic heterocycles. The maximum absolute atomic E-state index is 6.12. The molecule has 0 radical (unpaired) electrons. The van der Waals surface area contributed by atoms with Crippen LogP contribution in [0.4, 0.5) is 0 Å². The first-order valence-electron chi connectivity index (χ1n) is 4.25. The van der Waals surface area contributed by atoms with E-state index in [4.69, 9.17) is 11.6 Å². The summed E-state index contributed by atoms with van der Waals surface area (Å²) in [6.07, 6.45) is 0.953. The molecule has 3 heteroatoms. The van der Waals surface area contributed by atoms with Crippen LogP contribution in [0.25, 0.3) is 0 Å². The fourth-order valence-corrected chi connectivity index (χ4v) is 1.75. The Bertz CT molecular complexity index is 288. The number of benzene rings is 1. The van der Waals surface area contributed by atoms with Gasteiger partial charge in [-0.15, -0.1) is 0 Å². The average Bonchev–Trinajstić information content (AvgIpc) is 2.13. The zero-order valence-electron chi connectivity index (χ0n) is 7.77. The molecule has 0 aliphatic rings. The Labute approximate surface area is 92.6 Å². The van der Waals surface area contributed by atoms with Crippen LogP contribution in [-0.2, 0) is 6.42 Å². The van der Waals surface area contributed by atoms with Gasteiger partial charge in [-0.3, -0.25) is 0 Å². The van der Waals surface area contributed by atoms with E-state index in [9.17, 15) is 0 Å². The highest BCUT2D eigenvalue weighted by Crippen LogP contribution is 2.26. The van der Waals surface area contributed by atoms with Crippen molar-refractivity contribution in [2.45, 2.75) is 19.4 Å². The van der Waals surface area contributed by atoms with Crippen LogP contribution in [0.15, 0.2) is 22.7 Å².